The van der Waals surface area contributed by atoms with Gasteiger partial charge in [-0.1, -0.05) is 13.8 Å². The van der Waals surface area contributed by atoms with Crippen molar-refractivity contribution in [2.75, 3.05) is 19.7 Å². The molecule has 0 heterocycles. The lowest BCUT2D eigenvalue weighted by Gasteiger charge is -2.21. The van der Waals surface area contributed by atoms with E-state index in [1.165, 1.54) is 12.1 Å². The van der Waals surface area contributed by atoms with E-state index < -0.39 is 5.82 Å². The molecule has 19 heavy (non-hydrogen) atoms. The number of benzene rings is 1. The van der Waals surface area contributed by atoms with Gasteiger partial charge in [0.1, 0.15) is 0 Å². The summed E-state index contributed by atoms with van der Waals surface area (Å²) in [5, 5.41) is 0. The van der Waals surface area contributed by atoms with E-state index in [9.17, 15) is 9.18 Å². The van der Waals surface area contributed by atoms with Crippen molar-refractivity contribution in [2.24, 2.45) is 0 Å². The van der Waals surface area contributed by atoms with Crippen LogP contribution in [0.2, 0.25) is 0 Å². The molecule has 0 saturated heterocycles. The molecule has 4 heteroatoms. The van der Waals surface area contributed by atoms with E-state index in [0.717, 1.165) is 12.8 Å². The Bertz CT molecular complexity index is 415. The molecule has 0 N–H and O–H groups in total. The summed E-state index contributed by atoms with van der Waals surface area (Å²) in [5.74, 6) is -0.414. The van der Waals surface area contributed by atoms with Gasteiger partial charge in [0.15, 0.2) is 11.6 Å². The predicted octanol–water partition coefficient (Wildman–Crippen LogP) is 3.49. The SMILES string of the molecule is CCCN(CCC)C(=O)c1ccc(OCC)c(F)c1. The molecule has 0 fully saturated rings. The van der Waals surface area contributed by atoms with Crippen molar-refractivity contribution in [2.45, 2.75) is 33.6 Å². The van der Waals surface area contributed by atoms with E-state index in [-0.39, 0.29) is 11.7 Å². The van der Waals surface area contributed by atoms with Gasteiger partial charge in [-0.05, 0) is 38.0 Å². The number of nitrogens with zero attached hydrogens (tertiary/aromatic N) is 1. The number of ether oxygens (including phenoxy) is 1. The molecule has 1 aromatic rings. The number of halogens is 1. The van der Waals surface area contributed by atoms with Gasteiger partial charge in [-0.25, -0.2) is 4.39 Å². The second kappa shape index (κ2) is 7.77. The highest BCUT2D eigenvalue weighted by Crippen LogP contribution is 2.19. The van der Waals surface area contributed by atoms with Gasteiger partial charge in [0.2, 0.25) is 0 Å². The first-order valence-corrected chi connectivity index (χ1v) is 6.85. The summed E-state index contributed by atoms with van der Waals surface area (Å²) in [6, 6.07) is 4.39. The third-order valence-corrected chi connectivity index (χ3v) is 2.75. The highest BCUT2D eigenvalue weighted by atomic mass is 19.1. The van der Waals surface area contributed by atoms with Gasteiger partial charge >= 0.3 is 0 Å². The van der Waals surface area contributed by atoms with Gasteiger partial charge in [0.05, 0.1) is 6.61 Å². The molecule has 106 valence electrons. The van der Waals surface area contributed by atoms with Crippen molar-refractivity contribution >= 4 is 5.91 Å². The van der Waals surface area contributed by atoms with E-state index in [1.807, 2.05) is 13.8 Å². The minimum absolute atomic E-state index is 0.120. The molecule has 1 aromatic carbocycles. The maximum Gasteiger partial charge on any atom is 0.253 e. The first-order valence-electron chi connectivity index (χ1n) is 6.85. The zero-order valence-electron chi connectivity index (χ0n) is 11.9. The molecule has 0 aromatic heterocycles. The fourth-order valence-corrected chi connectivity index (χ4v) is 1.94. The van der Waals surface area contributed by atoms with Crippen LogP contribution in [-0.4, -0.2) is 30.5 Å². The van der Waals surface area contributed by atoms with E-state index in [2.05, 4.69) is 0 Å². The summed E-state index contributed by atoms with van der Waals surface area (Å²) >= 11 is 0. The van der Waals surface area contributed by atoms with Crippen molar-refractivity contribution in [1.29, 1.82) is 0 Å². The van der Waals surface area contributed by atoms with Crippen LogP contribution in [0.15, 0.2) is 18.2 Å². The molecule has 0 bridgehead atoms. The van der Waals surface area contributed by atoms with Crippen LogP contribution in [0.4, 0.5) is 4.39 Å². The molecule has 3 nitrogen and oxygen atoms in total. The van der Waals surface area contributed by atoms with Crippen LogP contribution in [0, 0.1) is 5.82 Å². The Kier molecular flexibility index (Phi) is 6.33. The predicted molar refractivity (Wildman–Crippen MR) is 74.1 cm³/mol. The minimum Gasteiger partial charge on any atom is -0.491 e. The average molecular weight is 267 g/mol. The normalized spacial score (nSPS) is 10.3. The largest absolute Gasteiger partial charge is 0.491 e. The van der Waals surface area contributed by atoms with Gasteiger partial charge in [-0.15, -0.1) is 0 Å². The number of rotatable bonds is 7. The Balaban J connectivity index is 2.88. The first kappa shape index (κ1) is 15.5. The minimum atomic E-state index is -0.486. The molecular formula is C15H22FNO2. The molecule has 0 unspecified atom stereocenters. The zero-order chi connectivity index (χ0) is 14.3. The van der Waals surface area contributed by atoms with Crippen molar-refractivity contribution in [1.82, 2.24) is 4.90 Å². The molecule has 0 spiro atoms. The molecule has 0 radical (unpaired) electrons. The number of amides is 1. The molecule has 0 saturated carbocycles. The monoisotopic (exact) mass is 267 g/mol. The van der Waals surface area contributed by atoms with Gasteiger partial charge in [-0.3, -0.25) is 4.79 Å². The molecule has 0 aliphatic rings. The van der Waals surface area contributed by atoms with Crippen LogP contribution in [0.1, 0.15) is 44.0 Å². The summed E-state index contributed by atoms with van der Waals surface area (Å²) < 4.78 is 18.9. The lowest BCUT2D eigenvalue weighted by atomic mass is 10.1. The van der Waals surface area contributed by atoms with Crippen LogP contribution < -0.4 is 4.74 Å². The van der Waals surface area contributed by atoms with Crippen LogP contribution in [0.25, 0.3) is 0 Å². The quantitative estimate of drug-likeness (QED) is 0.757. The Hall–Kier alpha value is -1.58. The third kappa shape index (κ3) is 4.23. The van der Waals surface area contributed by atoms with Crippen molar-refractivity contribution in [3.63, 3.8) is 0 Å². The summed E-state index contributed by atoms with van der Waals surface area (Å²) in [6.07, 6.45) is 1.79. The Morgan fingerprint density at radius 1 is 1.21 bits per heavy atom. The summed E-state index contributed by atoms with van der Waals surface area (Å²) in [6.45, 7) is 7.64. The lowest BCUT2D eigenvalue weighted by Crippen LogP contribution is -2.32. The average Bonchev–Trinajstić information content (AvgIpc) is 2.40. The molecule has 1 amide bonds. The molecular weight excluding hydrogens is 245 g/mol. The first-order chi connectivity index (χ1) is 9.13. The van der Waals surface area contributed by atoms with E-state index >= 15 is 0 Å². The fourth-order valence-electron chi connectivity index (χ4n) is 1.94. The number of carbonyl (C=O) groups excluding carboxylic acids is 1. The highest BCUT2D eigenvalue weighted by Gasteiger charge is 2.16. The van der Waals surface area contributed by atoms with Crippen molar-refractivity contribution in [3.05, 3.63) is 29.6 Å². The Morgan fingerprint density at radius 2 is 1.84 bits per heavy atom. The van der Waals surface area contributed by atoms with E-state index in [4.69, 9.17) is 4.74 Å². The number of hydrogen-bond donors (Lipinski definition) is 0. The van der Waals surface area contributed by atoms with Crippen molar-refractivity contribution < 1.29 is 13.9 Å². The van der Waals surface area contributed by atoms with Crippen LogP contribution in [0.5, 0.6) is 5.75 Å². The van der Waals surface area contributed by atoms with Gasteiger partial charge in [0.25, 0.3) is 5.91 Å². The topological polar surface area (TPSA) is 29.5 Å². The maximum absolute atomic E-state index is 13.7. The highest BCUT2D eigenvalue weighted by molar-refractivity contribution is 5.94. The lowest BCUT2D eigenvalue weighted by molar-refractivity contribution is 0.0755. The van der Waals surface area contributed by atoms with Gasteiger partial charge in [-0.2, -0.15) is 0 Å². The van der Waals surface area contributed by atoms with Crippen LogP contribution >= 0.6 is 0 Å². The van der Waals surface area contributed by atoms with Crippen molar-refractivity contribution in [3.8, 4) is 5.75 Å². The molecule has 0 aliphatic heterocycles. The Morgan fingerprint density at radius 3 is 2.32 bits per heavy atom. The maximum atomic E-state index is 13.7. The second-order valence-corrected chi connectivity index (χ2v) is 4.37. The molecule has 0 atom stereocenters. The number of hydrogen-bond acceptors (Lipinski definition) is 2. The second-order valence-electron chi connectivity index (χ2n) is 4.37. The molecule has 1 rings (SSSR count). The summed E-state index contributed by atoms with van der Waals surface area (Å²) in [5.41, 5.74) is 0.378. The van der Waals surface area contributed by atoms with Crippen LogP contribution in [0.3, 0.4) is 0 Å². The number of carbonyl (C=O) groups is 1. The van der Waals surface area contributed by atoms with Gasteiger partial charge < -0.3 is 9.64 Å². The Labute approximate surface area is 114 Å². The van der Waals surface area contributed by atoms with E-state index in [1.54, 1.807) is 17.9 Å². The standard InChI is InChI=1S/C15H22FNO2/c1-4-9-17(10-5-2)15(18)12-7-8-14(19-6-3)13(16)11-12/h7-8,11H,4-6,9-10H2,1-3H3. The smallest absolute Gasteiger partial charge is 0.253 e. The zero-order valence-corrected chi connectivity index (χ0v) is 11.9. The van der Waals surface area contributed by atoms with Crippen LogP contribution in [-0.2, 0) is 0 Å². The van der Waals surface area contributed by atoms with E-state index in [0.29, 0.717) is 25.3 Å². The van der Waals surface area contributed by atoms with Gasteiger partial charge in [0, 0.05) is 18.7 Å². The summed E-state index contributed by atoms with van der Waals surface area (Å²) in [7, 11) is 0. The molecule has 0 aliphatic carbocycles. The third-order valence-electron chi connectivity index (χ3n) is 2.75. The summed E-state index contributed by atoms with van der Waals surface area (Å²) in [4.78, 5) is 14.0. The fraction of sp³-hybridized carbons (Fsp3) is 0.533.